The highest BCUT2D eigenvalue weighted by molar-refractivity contribution is 5.15. The van der Waals surface area contributed by atoms with Gasteiger partial charge in [0.15, 0.2) is 0 Å². The topological polar surface area (TPSA) is 19.4 Å². The lowest BCUT2D eigenvalue weighted by Gasteiger charge is -2.44. The van der Waals surface area contributed by atoms with Crippen molar-refractivity contribution in [3.05, 3.63) is 66.0 Å². The zero-order valence-electron chi connectivity index (χ0n) is 15.7. The third-order valence-electron chi connectivity index (χ3n) is 5.51. The molecule has 0 amide bonds. The van der Waals surface area contributed by atoms with Gasteiger partial charge in [0.05, 0.1) is 0 Å². The first-order chi connectivity index (χ1) is 12.1. The summed E-state index contributed by atoms with van der Waals surface area (Å²) in [6.45, 7) is 10.6. The lowest BCUT2D eigenvalue weighted by Crippen LogP contribution is -2.55. The van der Waals surface area contributed by atoms with Crippen LogP contribution in [0.1, 0.15) is 31.5 Å². The first-order valence-corrected chi connectivity index (χ1v) is 9.55. The van der Waals surface area contributed by atoms with E-state index < -0.39 is 0 Å². The van der Waals surface area contributed by atoms with E-state index in [1.807, 2.05) is 12.3 Å². The van der Waals surface area contributed by atoms with Crippen LogP contribution in [0.5, 0.6) is 0 Å². The van der Waals surface area contributed by atoms with Gasteiger partial charge in [-0.25, -0.2) is 0 Å². The normalized spacial score (nSPS) is 16.9. The number of benzene rings is 1. The predicted octanol–water partition coefficient (Wildman–Crippen LogP) is 3.65. The van der Waals surface area contributed by atoms with Crippen LogP contribution in [0.15, 0.2) is 54.7 Å². The molecule has 0 saturated carbocycles. The Kier molecular flexibility index (Phi) is 6.22. The first-order valence-electron chi connectivity index (χ1n) is 9.55. The molecular weight excluding hydrogens is 306 g/mol. The Morgan fingerprint density at radius 3 is 2.28 bits per heavy atom. The van der Waals surface area contributed by atoms with Gasteiger partial charge in [-0.2, -0.15) is 0 Å². The van der Waals surface area contributed by atoms with Crippen LogP contribution in [0.3, 0.4) is 0 Å². The zero-order valence-corrected chi connectivity index (χ0v) is 15.7. The Balaban J connectivity index is 1.42. The minimum atomic E-state index is 0.239. The summed E-state index contributed by atoms with van der Waals surface area (Å²) < 4.78 is 0. The molecule has 1 saturated heterocycles. The number of nitrogens with zero attached hydrogens (tertiary/aromatic N) is 3. The van der Waals surface area contributed by atoms with Crippen molar-refractivity contribution in [2.75, 3.05) is 32.7 Å². The number of hydrogen-bond donors (Lipinski definition) is 0. The van der Waals surface area contributed by atoms with Crippen molar-refractivity contribution in [3.63, 3.8) is 0 Å². The van der Waals surface area contributed by atoms with Gasteiger partial charge in [0, 0.05) is 50.2 Å². The minimum Gasteiger partial charge on any atom is -0.300 e. The third-order valence-corrected chi connectivity index (χ3v) is 5.51. The summed E-state index contributed by atoms with van der Waals surface area (Å²) in [6.07, 6.45) is 5.27. The van der Waals surface area contributed by atoms with E-state index in [0.29, 0.717) is 0 Å². The quantitative estimate of drug-likeness (QED) is 0.769. The van der Waals surface area contributed by atoms with E-state index in [9.17, 15) is 0 Å². The molecule has 134 valence electrons. The fourth-order valence-corrected chi connectivity index (χ4v) is 3.65. The van der Waals surface area contributed by atoms with Crippen LogP contribution in [0.25, 0.3) is 0 Å². The number of piperazine rings is 1. The van der Waals surface area contributed by atoms with Gasteiger partial charge in [-0.05, 0) is 50.8 Å². The molecule has 3 rings (SSSR count). The molecule has 0 spiro atoms. The molecule has 1 aliphatic rings. The molecule has 1 aliphatic heterocycles. The molecule has 0 radical (unpaired) electrons. The van der Waals surface area contributed by atoms with Crippen LogP contribution in [-0.4, -0.2) is 53.0 Å². The van der Waals surface area contributed by atoms with Gasteiger partial charge >= 0.3 is 0 Å². The molecule has 1 aromatic carbocycles. The predicted molar refractivity (Wildman–Crippen MR) is 105 cm³/mol. The Labute approximate surface area is 152 Å². The monoisotopic (exact) mass is 337 g/mol. The maximum atomic E-state index is 4.47. The average molecular weight is 338 g/mol. The average Bonchev–Trinajstić information content (AvgIpc) is 2.67. The fraction of sp³-hybridized carbons (Fsp3) is 0.500. The summed E-state index contributed by atoms with van der Waals surface area (Å²) in [7, 11) is 0. The highest BCUT2D eigenvalue weighted by Crippen LogP contribution is 2.22. The second-order valence-corrected chi connectivity index (χ2v) is 7.70. The van der Waals surface area contributed by atoms with Crippen molar-refractivity contribution in [1.82, 2.24) is 14.8 Å². The van der Waals surface area contributed by atoms with Gasteiger partial charge in [0.1, 0.15) is 0 Å². The second-order valence-electron chi connectivity index (χ2n) is 7.70. The van der Waals surface area contributed by atoms with Gasteiger partial charge in [0.2, 0.25) is 0 Å². The Morgan fingerprint density at radius 1 is 0.880 bits per heavy atom. The van der Waals surface area contributed by atoms with Crippen molar-refractivity contribution >= 4 is 0 Å². The standard InChI is InChI=1S/C22H31N3/c1-22(2,13-11-21-10-6-7-14-23-21)25-18-16-24(17-19-25)15-12-20-8-4-3-5-9-20/h3-10,14H,11-13,15-19H2,1-2H3. The molecule has 0 N–H and O–H groups in total. The molecule has 2 aromatic rings. The summed E-state index contributed by atoms with van der Waals surface area (Å²) in [5, 5.41) is 0. The van der Waals surface area contributed by atoms with Gasteiger partial charge in [-0.15, -0.1) is 0 Å². The third kappa shape index (κ3) is 5.38. The molecule has 0 aliphatic carbocycles. The van der Waals surface area contributed by atoms with Gasteiger partial charge in [-0.1, -0.05) is 36.4 Å². The summed E-state index contributed by atoms with van der Waals surface area (Å²) >= 11 is 0. The van der Waals surface area contributed by atoms with Gasteiger partial charge in [0.25, 0.3) is 0 Å². The van der Waals surface area contributed by atoms with Crippen LogP contribution in [-0.2, 0) is 12.8 Å². The van der Waals surface area contributed by atoms with Crippen molar-refractivity contribution in [2.24, 2.45) is 0 Å². The smallest absolute Gasteiger partial charge is 0.0404 e. The van der Waals surface area contributed by atoms with E-state index in [1.165, 1.54) is 44.0 Å². The molecule has 1 aromatic heterocycles. The van der Waals surface area contributed by atoms with Crippen LogP contribution in [0.4, 0.5) is 0 Å². The summed E-state index contributed by atoms with van der Waals surface area (Å²) in [6, 6.07) is 17.0. The first kappa shape index (κ1) is 18.1. The van der Waals surface area contributed by atoms with Crippen LogP contribution >= 0.6 is 0 Å². The molecule has 0 bridgehead atoms. The summed E-state index contributed by atoms with van der Waals surface area (Å²) in [5.74, 6) is 0. The molecular formula is C22H31N3. The van der Waals surface area contributed by atoms with Crippen molar-refractivity contribution < 1.29 is 0 Å². The summed E-state index contributed by atoms with van der Waals surface area (Å²) in [5.41, 5.74) is 2.89. The Hall–Kier alpha value is -1.71. The molecule has 1 fully saturated rings. The van der Waals surface area contributed by atoms with E-state index >= 15 is 0 Å². The number of aryl methyl sites for hydroxylation is 1. The molecule has 3 heteroatoms. The van der Waals surface area contributed by atoms with E-state index in [1.54, 1.807) is 0 Å². The van der Waals surface area contributed by atoms with Crippen LogP contribution < -0.4 is 0 Å². The van der Waals surface area contributed by atoms with Crippen LogP contribution in [0, 0.1) is 0 Å². The van der Waals surface area contributed by atoms with Gasteiger partial charge < -0.3 is 4.90 Å². The molecule has 0 unspecified atom stereocenters. The largest absolute Gasteiger partial charge is 0.300 e. The fourth-order valence-electron chi connectivity index (χ4n) is 3.65. The molecule has 0 atom stereocenters. The number of rotatable bonds is 7. The lowest BCUT2D eigenvalue weighted by molar-refractivity contribution is 0.0477. The Bertz CT molecular complexity index is 616. The van der Waals surface area contributed by atoms with Crippen molar-refractivity contribution in [1.29, 1.82) is 0 Å². The maximum Gasteiger partial charge on any atom is 0.0404 e. The van der Waals surface area contributed by atoms with Crippen molar-refractivity contribution in [3.8, 4) is 0 Å². The number of aromatic nitrogens is 1. The van der Waals surface area contributed by atoms with E-state index in [0.717, 1.165) is 19.3 Å². The second kappa shape index (κ2) is 8.59. The van der Waals surface area contributed by atoms with Gasteiger partial charge in [-0.3, -0.25) is 9.88 Å². The van der Waals surface area contributed by atoms with Crippen molar-refractivity contribution in [2.45, 2.75) is 38.6 Å². The molecule has 25 heavy (non-hydrogen) atoms. The van der Waals surface area contributed by atoms with E-state index in [-0.39, 0.29) is 5.54 Å². The summed E-state index contributed by atoms with van der Waals surface area (Å²) in [4.78, 5) is 9.74. The van der Waals surface area contributed by atoms with Crippen LogP contribution in [0.2, 0.25) is 0 Å². The maximum absolute atomic E-state index is 4.47. The highest BCUT2D eigenvalue weighted by Gasteiger charge is 2.29. The zero-order chi connectivity index (χ0) is 17.5. The SMILES string of the molecule is CC(C)(CCc1ccccn1)N1CCN(CCc2ccccc2)CC1. The number of pyridine rings is 1. The van der Waals surface area contributed by atoms with E-state index in [4.69, 9.17) is 0 Å². The molecule has 2 heterocycles. The number of hydrogen-bond acceptors (Lipinski definition) is 3. The molecule has 3 nitrogen and oxygen atoms in total. The van der Waals surface area contributed by atoms with E-state index in [2.05, 4.69) is 71.1 Å². The Morgan fingerprint density at radius 2 is 1.60 bits per heavy atom. The lowest BCUT2D eigenvalue weighted by atomic mass is 9.94. The highest BCUT2D eigenvalue weighted by atomic mass is 15.3. The minimum absolute atomic E-state index is 0.239.